The Morgan fingerprint density at radius 2 is 2.21 bits per heavy atom. The SMILES string of the molecule is O=C(O)c1cc(Br)cnc1N1CC2CCC(O)C2C1. The Hall–Kier alpha value is -1.14. The molecule has 2 heterocycles. The monoisotopic (exact) mass is 326 g/mol. The van der Waals surface area contributed by atoms with E-state index >= 15 is 0 Å². The maximum Gasteiger partial charge on any atom is 0.339 e. The van der Waals surface area contributed by atoms with Gasteiger partial charge in [-0.15, -0.1) is 0 Å². The van der Waals surface area contributed by atoms with E-state index in [-0.39, 0.29) is 17.6 Å². The molecular formula is C13H15BrN2O3. The molecule has 1 aliphatic carbocycles. The normalized spacial score (nSPS) is 29.6. The summed E-state index contributed by atoms with van der Waals surface area (Å²) in [5.74, 6) is 0.257. The van der Waals surface area contributed by atoms with Crippen LogP contribution in [0, 0.1) is 11.8 Å². The molecule has 0 spiro atoms. The summed E-state index contributed by atoms with van der Waals surface area (Å²) >= 11 is 3.25. The molecule has 3 unspecified atom stereocenters. The fourth-order valence-electron chi connectivity index (χ4n) is 3.25. The number of carbonyl (C=O) groups is 1. The third-order valence-electron chi connectivity index (χ3n) is 4.18. The quantitative estimate of drug-likeness (QED) is 0.866. The van der Waals surface area contributed by atoms with E-state index in [9.17, 15) is 15.0 Å². The number of rotatable bonds is 2. The van der Waals surface area contributed by atoms with E-state index in [1.807, 2.05) is 4.90 Å². The molecule has 102 valence electrons. The number of carboxylic acids is 1. The highest BCUT2D eigenvalue weighted by atomic mass is 79.9. The molecule has 1 aromatic rings. The lowest BCUT2D eigenvalue weighted by Crippen LogP contribution is -2.26. The molecule has 0 amide bonds. The number of hydrogen-bond acceptors (Lipinski definition) is 4. The molecule has 1 saturated carbocycles. The van der Waals surface area contributed by atoms with E-state index in [2.05, 4.69) is 20.9 Å². The molecule has 6 heteroatoms. The molecule has 0 radical (unpaired) electrons. The highest BCUT2D eigenvalue weighted by molar-refractivity contribution is 9.10. The standard InChI is InChI=1S/C13H15BrN2O3/c14-8-3-9(13(18)19)12(15-4-8)16-5-7-1-2-11(17)10(7)6-16/h3-4,7,10-11,17H,1-2,5-6H2,(H,18,19). The zero-order valence-corrected chi connectivity index (χ0v) is 11.9. The van der Waals surface area contributed by atoms with E-state index < -0.39 is 5.97 Å². The maximum absolute atomic E-state index is 11.3. The van der Waals surface area contributed by atoms with Gasteiger partial charge in [0.15, 0.2) is 0 Å². The van der Waals surface area contributed by atoms with Crippen molar-refractivity contribution in [2.75, 3.05) is 18.0 Å². The highest BCUT2D eigenvalue weighted by Crippen LogP contribution is 2.40. The van der Waals surface area contributed by atoms with Crippen molar-refractivity contribution >= 4 is 27.7 Å². The van der Waals surface area contributed by atoms with Gasteiger partial charge in [0.25, 0.3) is 0 Å². The molecule has 19 heavy (non-hydrogen) atoms. The zero-order valence-electron chi connectivity index (χ0n) is 10.3. The van der Waals surface area contributed by atoms with Crippen LogP contribution in [-0.4, -0.2) is 40.4 Å². The number of pyridine rings is 1. The third-order valence-corrected chi connectivity index (χ3v) is 4.62. The molecule has 2 fully saturated rings. The number of halogens is 1. The number of anilines is 1. The average Bonchev–Trinajstić information content (AvgIpc) is 2.92. The van der Waals surface area contributed by atoms with E-state index in [0.717, 1.165) is 19.4 Å². The second-order valence-corrected chi connectivity index (χ2v) is 6.22. The van der Waals surface area contributed by atoms with Gasteiger partial charge in [-0.25, -0.2) is 9.78 Å². The van der Waals surface area contributed by atoms with Crippen molar-refractivity contribution in [3.8, 4) is 0 Å². The van der Waals surface area contributed by atoms with Crippen LogP contribution in [0.3, 0.4) is 0 Å². The minimum atomic E-state index is -0.971. The molecule has 1 saturated heterocycles. The van der Waals surface area contributed by atoms with Crippen LogP contribution in [0.1, 0.15) is 23.2 Å². The van der Waals surface area contributed by atoms with Gasteiger partial charge in [-0.2, -0.15) is 0 Å². The van der Waals surface area contributed by atoms with Crippen LogP contribution in [0.5, 0.6) is 0 Å². The van der Waals surface area contributed by atoms with Crippen LogP contribution in [0.15, 0.2) is 16.7 Å². The minimum Gasteiger partial charge on any atom is -0.478 e. The molecule has 0 aromatic carbocycles. The van der Waals surface area contributed by atoms with Gasteiger partial charge in [-0.1, -0.05) is 0 Å². The Bertz CT molecular complexity index is 523. The number of nitrogens with zero attached hydrogens (tertiary/aromatic N) is 2. The van der Waals surface area contributed by atoms with Crippen molar-refractivity contribution in [3.05, 3.63) is 22.3 Å². The van der Waals surface area contributed by atoms with Crippen molar-refractivity contribution in [3.63, 3.8) is 0 Å². The minimum absolute atomic E-state index is 0.212. The zero-order chi connectivity index (χ0) is 13.6. The maximum atomic E-state index is 11.3. The molecule has 2 N–H and O–H groups in total. The molecule has 3 rings (SSSR count). The summed E-state index contributed by atoms with van der Waals surface area (Å²) in [5.41, 5.74) is 0.212. The summed E-state index contributed by atoms with van der Waals surface area (Å²) in [6.45, 7) is 1.48. The predicted octanol–water partition coefficient (Wildman–Crippen LogP) is 1.75. The lowest BCUT2D eigenvalue weighted by Gasteiger charge is -2.21. The molecule has 3 atom stereocenters. The smallest absolute Gasteiger partial charge is 0.339 e. The lowest BCUT2D eigenvalue weighted by atomic mass is 10.00. The van der Waals surface area contributed by atoms with Gasteiger partial charge in [0.05, 0.1) is 6.10 Å². The number of aliphatic hydroxyl groups excluding tert-OH is 1. The Kier molecular flexibility index (Phi) is 3.22. The first kappa shape index (κ1) is 12.9. The summed E-state index contributed by atoms with van der Waals surface area (Å²) in [6, 6.07) is 1.58. The molecule has 1 aromatic heterocycles. The van der Waals surface area contributed by atoms with Crippen LogP contribution in [0.4, 0.5) is 5.82 Å². The van der Waals surface area contributed by atoms with Crippen molar-refractivity contribution in [1.29, 1.82) is 0 Å². The summed E-state index contributed by atoms with van der Waals surface area (Å²) in [5, 5.41) is 19.2. The molecule has 2 aliphatic rings. The largest absolute Gasteiger partial charge is 0.478 e. The van der Waals surface area contributed by atoms with Crippen LogP contribution >= 0.6 is 15.9 Å². The fourth-order valence-corrected chi connectivity index (χ4v) is 3.58. The number of aliphatic hydroxyl groups is 1. The first-order valence-electron chi connectivity index (χ1n) is 6.38. The number of carboxylic acid groups (broad SMARTS) is 1. The van der Waals surface area contributed by atoms with Gasteiger partial charge in [0.1, 0.15) is 11.4 Å². The van der Waals surface area contributed by atoms with Gasteiger partial charge in [0.2, 0.25) is 0 Å². The first-order valence-corrected chi connectivity index (χ1v) is 7.17. The van der Waals surface area contributed by atoms with E-state index in [1.165, 1.54) is 0 Å². The predicted molar refractivity (Wildman–Crippen MR) is 73.3 cm³/mol. The van der Waals surface area contributed by atoms with Crippen LogP contribution < -0.4 is 4.90 Å². The number of aromatic nitrogens is 1. The second kappa shape index (κ2) is 4.76. The molecular weight excluding hydrogens is 312 g/mol. The van der Waals surface area contributed by atoms with E-state index in [1.54, 1.807) is 12.3 Å². The number of aromatic carboxylic acids is 1. The van der Waals surface area contributed by atoms with Gasteiger partial charge in [0, 0.05) is 29.7 Å². The van der Waals surface area contributed by atoms with Crippen LogP contribution in [0.25, 0.3) is 0 Å². The van der Waals surface area contributed by atoms with Crippen molar-refractivity contribution < 1.29 is 15.0 Å². The summed E-state index contributed by atoms with van der Waals surface area (Å²) < 4.78 is 0.660. The van der Waals surface area contributed by atoms with Crippen molar-refractivity contribution in [2.24, 2.45) is 11.8 Å². The van der Waals surface area contributed by atoms with Gasteiger partial charge in [-0.3, -0.25) is 0 Å². The molecule has 5 nitrogen and oxygen atoms in total. The number of hydrogen-bond donors (Lipinski definition) is 2. The Labute approximate surface area is 119 Å². The Balaban J connectivity index is 1.90. The van der Waals surface area contributed by atoms with Gasteiger partial charge < -0.3 is 15.1 Å². The first-order chi connectivity index (χ1) is 9.06. The molecule has 1 aliphatic heterocycles. The second-order valence-electron chi connectivity index (χ2n) is 5.30. The third kappa shape index (κ3) is 2.23. The van der Waals surface area contributed by atoms with E-state index in [0.29, 0.717) is 22.8 Å². The van der Waals surface area contributed by atoms with Crippen molar-refractivity contribution in [2.45, 2.75) is 18.9 Å². The number of fused-ring (bicyclic) bond motifs is 1. The summed E-state index contributed by atoms with van der Waals surface area (Å²) in [6.07, 6.45) is 3.25. The Morgan fingerprint density at radius 3 is 2.89 bits per heavy atom. The molecule has 0 bridgehead atoms. The van der Waals surface area contributed by atoms with Crippen molar-refractivity contribution in [1.82, 2.24) is 4.98 Å². The summed E-state index contributed by atoms with van der Waals surface area (Å²) in [4.78, 5) is 17.5. The topological polar surface area (TPSA) is 73.7 Å². The van der Waals surface area contributed by atoms with Crippen LogP contribution in [-0.2, 0) is 0 Å². The highest BCUT2D eigenvalue weighted by Gasteiger charge is 2.42. The van der Waals surface area contributed by atoms with Crippen LogP contribution in [0.2, 0.25) is 0 Å². The fraction of sp³-hybridized carbons (Fsp3) is 0.538. The lowest BCUT2D eigenvalue weighted by molar-refractivity contribution is 0.0697. The van der Waals surface area contributed by atoms with Gasteiger partial charge in [-0.05, 0) is 40.8 Å². The van der Waals surface area contributed by atoms with Gasteiger partial charge >= 0.3 is 5.97 Å². The van der Waals surface area contributed by atoms with E-state index in [4.69, 9.17) is 0 Å². The summed E-state index contributed by atoms with van der Waals surface area (Å²) in [7, 11) is 0. The Morgan fingerprint density at radius 1 is 1.42 bits per heavy atom. The average molecular weight is 327 g/mol.